The maximum Gasteiger partial charge on any atom is 0.410 e. The number of hydrogen-bond acceptors (Lipinski definition) is 6. The normalized spacial score (nSPS) is 19.5. The van der Waals surface area contributed by atoms with Gasteiger partial charge < -0.3 is 9.64 Å². The number of nitrogens with zero attached hydrogens (tertiary/aromatic N) is 7. The van der Waals surface area contributed by atoms with Gasteiger partial charge in [0, 0.05) is 49.1 Å². The van der Waals surface area contributed by atoms with Crippen LogP contribution in [0.1, 0.15) is 38.4 Å². The molecule has 1 unspecified atom stereocenters. The molecule has 0 saturated carbocycles. The van der Waals surface area contributed by atoms with Gasteiger partial charge in [-0.15, -0.1) is 0 Å². The molecular formula is C17H23N7O3. The smallest absolute Gasteiger partial charge is 0.410 e. The number of amides is 2. The van der Waals surface area contributed by atoms with Crippen LogP contribution in [-0.2, 0) is 22.5 Å². The largest absolute Gasteiger partial charge is 0.444 e. The van der Waals surface area contributed by atoms with Crippen LogP contribution >= 0.6 is 0 Å². The Labute approximate surface area is 157 Å². The SMILES string of the molecule is CC(C)(C)OC(=O)N1CCc2nc(N3CC(CN=[N+]=[N-])CC3=O)ncc2C1. The van der Waals surface area contributed by atoms with Gasteiger partial charge in [-0.25, -0.2) is 14.8 Å². The summed E-state index contributed by atoms with van der Waals surface area (Å²) in [5, 5.41) is 3.55. The van der Waals surface area contributed by atoms with E-state index in [2.05, 4.69) is 20.0 Å². The van der Waals surface area contributed by atoms with Crippen LogP contribution in [0.15, 0.2) is 11.3 Å². The first-order valence-electron chi connectivity index (χ1n) is 8.91. The van der Waals surface area contributed by atoms with Crippen LogP contribution in [0.25, 0.3) is 10.4 Å². The third-order valence-corrected chi connectivity index (χ3v) is 4.42. The van der Waals surface area contributed by atoms with Crippen molar-refractivity contribution in [2.24, 2.45) is 11.0 Å². The minimum atomic E-state index is -0.542. The van der Waals surface area contributed by atoms with Gasteiger partial charge in [0.2, 0.25) is 11.9 Å². The molecule has 2 aliphatic rings. The Bertz CT molecular complexity index is 798. The third kappa shape index (κ3) is 4.46. The second-order valence-electron chi connectivity index (χ2n) is 7.78. The van der Waals surface area contributed by atoms with Gasteiger partial charge in [0.25, 0.3) is 0 Å². The number of carbonyl (C=O) groups excluding carboxylic acids is 2. The minimum Gasteiger partial charge on any atom is -0.444 e. The molecule has 1 atom stereocenters. The Kier molecular flexibility index (Phi) is 5.18. The molecule has 27 heavy (non-hydrogen) atoms. The molecule has 0 radical (unpaired) electrons. The summed E-state index contributed by atoms with van der Waals surface area (Å²) in [6, 6.07) is 0. The predicted octanol–water partition coefficient (Wildman–Crippen LogP) is 2.43. The molecule has 10 heteroatoms. The van der Waals surface area contributed by atoms with Crippen LogP contribution in [0.4, 0.5) is 10.7 Å². The zero-order chi connectivity index (χ0) is 19.6. The number of aromatic nitrogens is 2. The number of ether oxygens (including phenoxy) is 1. The molecule has 1 aromatic rings. The fraction of sp³-hybridized carbons (Fsp3) is 0.647. The van der Waals surface area contributed by atoms with Crippen LogP contribution in [-0.4, -0.2) is 52.1 Å². The average Bonchev–Trinajstić information content (AvgIpc) is 2.98. The first-order chi connectivity index (χ1) is 12.8. The van der Waals surface area contributed by atoms with Gasteiger partial charge >= 0.3 is 6.09 Å². The zero-order valence-electron chi connectivity index (χ0n) is 15.8. The van der Waals surface area contributed by atoms with Gasteiger partial charge in [0.05, 0.1) is 12.2 Å². The Morgan fingerprint density at radius 3 is 2.96 bits per heavy atom. The lowest BCUT2D eigenvalue weighted by molar-refractivity contribution is -0.117. The predicted molar refractivity (Wildman–Crippen MR) is 96.9 cm³/mol. The number of azide groups is 1. The van der Waals surface area contributed by atoms with Gasteiger partial charge in [-0.1, -0.05) is 5.11 Å². The molecule has 144 valence electrons. The lowest BCUT2D eigenvalue weighted by Crippen LogP contribution is -2.40. The number of anilines is 1. The molecule has 1 aromatic heterocycles. The van der Waals surface area contributed by atoms with Crippen LogP contribution in [0, 0.1) is 5.92 Å². The number of rotatable bonds is 3. The van der Waals surface area contributed by atoms with Crippen molar-refractivity contribution < 1.29 is 14.3 Å². The minimum absolute atomic E-state index is 0.0179. The maximum atomic E-state index is 12.2. The Balaban J connectivity index is 1.69. The highest BCUT2D eigenvalue weighted by Crippen LogP contribution is 2.25. The summed E-state index contributed by atoms with van der Waals surface area (Å²) in [5.41, 5.74) is 9.58. The fourth-order valence-electron chi connectivity index (χ4n) is 3.17. The molecule has 0 spiro atoms. The van der Waals surface area contributed by atoms with E-state index in [9.17, 15) is 9.59 Å². The van der Waals surface area contributed by atoms with Crippen LogP contribution in [0.5, 0.6) is 0 Å². The monoisotopic (exact) mass is 373 g/mol. The fourth-order valence-corrected chi connectivity index (χ4v) is 3.17. The molecule has 0 aromatic carbocycles. The number of carbonyl (C=O) groups is 2. The van der Waals surface area contributed by atoms with E-state index in [1.807, 2.05) is 20.8 Å². The molecule has 10 nitrogen and oxygen atoms in total. The van der Waals surface area contributed by atoms with Gasteiger partial charge in [-0.05, 0) is 32.2 Å². The summed E-state index contributed by atoms with van der Waals surface area (Å²) in [6.07, 6.45) is 2.22. The maximum absolute atomic E-state index is 12.2. The van der Waals surface area contributed by atoms with E-state index < -0.39 is 5.60 Å². The van der Waals surface area contributed by atoms with Crippen molar-refractivity contribution in [3.63, 3.8) is 0 Å². The molecule has 2 amide bonds. The van der Waals surface area contributed by atoms with Crippen molar-refractivity contribution in [2.75, 3.05) is 24.5 Å². The van der Waals surface area contributed by atoms with Gasteiger partial charge in [-0.3, -0.25) is 9.69 Å². The van der Waals surface area contributed by atoms with Gasteiger partial charge in [-0.2, -0.15) is 0 Å². The number of fused-ring (bicyclic) bond motifs is 1. The summed E-state index contributed by atoms with van der Waals surface area (Å²) in [4.78, 5) is 39.2. The van der Waals surface area contributed by atoms with Crippen LogP contribution < -0.4 is 4.90 Å². The zero-order valence-corrected chi connectivity index (χ0v) is 15.8. The third-order valence-electron chi connectivity index (χ3n) is 4.42. The van der Waals surface area contributed by atoms with E-state index in [1.165, 1.54) is 4.90 Å². The topological polar surface area (TPSA) is 124 Å². The van der Waals surface area contributed by atoms with Crippen LogP contribution in [0.3, 0.4) is 0 Å². The summed E-state index contributed by atoms with van der Waals surface area (Å²) in [5.74, 6) is 0.280. The van der Waals surface area contributed by atoms with E-state index in [4.69, 9.17) is 10.3 Å². The number of hydrogen-bond donors (Lipinski definition) is 0. The molecule has 1 saturated heterocycles. The van der Waals surface area contributed by atoms with Gasteiger partial charge in [0.1, 0.15) is 5.60 Å². The van der Waals surface area contributed by atoms with Crippen molar-refractivity contribution >= 4 is 17.9 Å². The Morgan fingerprint density at radius 2 is 2.26 bits per heavy atom. The highest BCUT2D eigenvalue weighted by molar-refractivity contribution is 5.94. The van der Waals surface area contributed by atoms with Crippen molar-refractivity contribution in [1.29, 1.82) is 0 Å². The molecule has 3 heterocycles. The average molecular weight is 373 g/mol. The first kappa shape index (κ1) is 18.9. The van der Waals surface area contributed by atoms with E-state index in [-0.39, 0.29) is 24.5 Å². The molecule has 0 N–H and O–H groups in total. The highest BCUT2D eigenvalue weighted by Gasteiger charge is 2.33. The van der Waals surface area contributed by atoms with Crippen molar-refractivity contribution in [3.8, 4) is 0 Å². The van der Waals surface area contributed by atoms with E-state index in [1.54, 1.807) is 11.1 Å². The standard InChI is InChI=1S/C17H23N7O3/c1-17(2,3)27-16(26)23-5-4-13-12(10-23)8-19-15(21-13)24-9-11(6-14(24)25)7-20-22-18/h8,11H,4-7,9-10H2,1-3H3. The molecule has 1 fully saturated rings. The lowest BCUT2D eigenvalue weighted by atomic mass is 10.1. The first-order valence-corrected chi connectivity index (χ1v) is 8.91. The van der Waals surface area contributed by atoms with E-state index >= 15 is 0 Å². The summed E-state index contributed by atoms with van der Waals surface area (Å²) in [6.45, 7) is 7.13. The van der Waals surface area contributed by atoms with E-state index in [0.717, 1.165) is 11.3 Å². The molecule has 3 rings (SSSR count). The van der Waals surface area contributed by atoms with Gasteiger partial charge in [0.15, 0.2) is 0 Å². The van der Waals surface area contributed by atoms with Crippen molar-refractivity contribution in [2.45, 2.75) is 45.8 Å². The van der Waals surface area contributed by atoms with Crippen LogP contribution in [0.2, 0.25) is 0 Å². The molecular weight excluding hydrogens is 350 g/mol. The Morgan fingerprint density at radius 1 is 1.48 bits per heavy atom. The Hall–Kier alpha value is -2.87. The molecule has 0 bridgehead atoms. The summed E-state index contributed by atoms with van der Waals surface area (Å²) >= 11 is 0. The summed E-state index contributed by atoms with van der Waals surface area (Å²) < 4.78 is 5.41. The second kappa shape index (κ2) is 7.40. The highest BCUT2D eigenvalue weighted by atomic mass is 16.6. The quantitative estimate of drug-likeness (QED) is 0.457. The molecule has 0 aliphatic carbocycles. The van der Waals surface area contributed by atoms with Crippen molar-refractivity contribution in [1.82, 2.24) is 14.9 Å². The summed E-state index contributed by atoms with van der Waals surface area (Å²) in [7, 11) is 0. The molecule has 2 aliphatic heterocycles. The lowest BCUT2D eigenvalue weighted by Gasteiger charge is -2.31. The second-order valence-corrected chi connectivity index (χ2v) is 7.78. The van der Waals surface area contributed by atoms with Crippen molar-refractivity contribution in [3.05, 3.63) is 27.9 Å². The van der Waals surface area contributed by atoms with E-state index in [0.29, 0.717) is 38.4 Å².